The second-order valence-electron chi connectivity index (χ2n) is 6.39. The lowest BCUT2D eigenvalue weighted by molar-refractivity contribution is -0.0341. The molecular weight excluding hydrogens is 262 g/mol. The zero-order valence-corrected chi connectivity index (χ0v) is 13.6. The van der Waals surface area contributed by atoms with E-state index in [4.69, 9.17) is 4.74 Å². The lowest BCUT2D eigenvalue weighted by atomic mass is 9.85. The maximum absolute atomic E-state index is 10.6. The number of benzene rings is 1. The summed E-state index contributed by atoms with van der Waals surface area (Å²) < 4.78 is 6.01. The lowest BCUT2D eigenvalue weighted by Gasteiger charge is -2.32. The number of aliphatic hydroxyl groups is 1. The van der Waals surface area contributed by atoms with Gasteiger partial charge in [-0.1, -0.05) is 43.9 Å². The van der Waals surface area contributed by atoms with E-state index < -0.39 is 5.60 Å². The molecule has 0 amide bonds. The molecule has 1 fully saturated rings. The van der Waals surface area contributed by atoms with Crippen LogP contribution in [0, 0.1) is 6.92 Å². The summed E-state index contributed by atoms with van der Waals surface area (Å²) in [4.78, 5) is 0. The summed E-state index contributed by atoms with van der Waals surface area (Å²) in [6.45, 7) is 7.69. The number of aryl methyl sites for hydroxylation is 1. The summed E-state index contributed by atoms with van der Waals surface area (Å²) >= 11 is 0. The SMILES string of the molecule is CCNC(C)c1cc(C)ccc1OCC1(O)CCCCC1. The van der Waals surface area contributed by atoms with E-state index in [1.807, 2.05) is 6.07 Å². The van der Waals surface area contributed by atoms with E-state index in [1.165, 1.54) is 17.5 Å². The van der Waals surface area contributed by atoms with Gasteiger partial charge in [-0.2, -0.15) is 0 Å². The van der Waals surface area contributed by atoms with Gasteiger partial charge in [-0.25, -0.2) is 0 Å². The predicted molar refractivity (Wildman–Crippen MR) is 86.8 cm³/mol. The second-order valence-corrected chi connectivity index (χ2v) is 6.39. The van der Waals surface area contributed by atoms with E-state index in [1.54, 1.807) is 0 Å². The molecule has 1 aromatic rings. The Morgan fingerprint density at radius 2 is 2.00 bits per heavy atom. The predicted octanol–water partition coefficient (Wildman–Crippen LogP) is 3.74. The molecule has 0 heterocycles. The van der Waals surface area contributed by atoms with E-state index >= 15 is 0 Å². The molecule has 1 saturated carbocycles. The van der Waals surface area contributed by atoms with Gasteiger partial charge in [0.05, 0.1) is 5.60 Å². The highest BCUT2D eigenvalue weighted by atomic mass is 16.5. The standard InChI is InChI=1S/C18H29NO2/c1-4-19-15(3)16-12-14(2)8-9-17(16)21-13-18(20)10-6-5-7-11-18/h8-9,12,15,19-20H,4-7,10-11,13H2,1-3H3. The smallest absolute Gasteiger partial charge is 0.124 e. The largest absolute Gasteiger partial charge is 0.490 e. The second kappa shape index (κ2) is 7.28. The van der Waals surface area contributed by atoms with Gasteiger partial charge in [-0.3, -0.25) is 0 Å². The van der Waals surface area contributed by atoms with E-state index in [0.717, 1.165) is 38.0 Å². The summed E-state index contributed by atoms with van der Waals surface area (Å²) in [5.74, 6) is 0.896. The van der Waals surface area contributed by atoms with Crippen molar-refractivity contribution in [3.05, 3.63) is 29.3 Å². The molecule has 1 atom stereocenters. The summed E-state index contributed by atoms with van der Waals surface area (Å²) in [6.07, 6.45) is 5.16. The number of nitrogens with one attached hydrogen (secondary N) is 1. The van der Waals surface area contributed by atoms with Crippen LogP contribution in [0.3, 0.4) is 0 Å². The molecule has 0 spiro atoms. The number of hydrogen-bond donors (Lipinski definition) is 2. The maximum Gasteiger partial charge on any atom is 0.124 e. The number of rotatable bonds is 6. The molecule has 2 N–H and O–H groups in total. The fourth-order valence-electron chi connectivity index (χ4n) is 3.12. The van der Waals surface area contributed by atoms with Gasteiger partial charge in [0.25, 0.3) is 0 Å². The molecule has 21 heavy (non-hydrogen) atoms. The minimum absolute atomic E-state index is 0.255. The highest BCUT2D eigenvalue weighted by Crippen LogP contribution is 2.31. The summed E-state index contributed by atoms with van der Waals surface area (Å²) in [6, 6.07) is 6.53. The Balaban J connectivity index is 2.08. The summed E-state index contributed by atoms with van der Waals surface area (Å²) in [7, 11) is 0. The van der Waals surface area contributed by atoms with Crippen molar-refractivity contribution in [1.29, 1.82) is 0 Å². The van der Waals surface area contributed by atoms with Gasteiger partial charge in [0.2, 0.25) is 0 Å². The average molecular weight is 291 g/mol. The van der Waals surface area contributed by atoms with Crippen LogP contribution in [0.1, 0.15) is 63.1 Å². The van der Waals surface area contributed by atoms with Crippen molar-refractivity contribution in [2.75, 3.05) is 13.2 Å². The van der Waals surface area contributed by atoms with E-state index in [0.29, 0.717) is 6.61 Å². The molecule has 118 valence electrons. The van der Waals surface area contributed by atoms with Gasteiger partial charge in [0.1, 0.15) is 12.4 Å². The third-order valence-corrected chi connectivity index (χ3v) is 4.42. The molecule has 0 saturated heterocycles. The molecule has 3 nitrogen and oxygen atoms in total. The number of ether oxygens (including phenoxy) is 1. The first kappa shape index (κ1) is 16.3. The van der Waals surface area contributed by atoms with E-state index in [-0.39, 0.29) is 6.04 Å². The zero-order chi connectivity index (χ0) is 15.3. The molecule has 3 heteroatoms. The van der Waals surface area contributed by atoms with Gasteiger partial charge in [-0.15, -0.1) is 0 Å². The van der Waals surface area contributed by atoms with Crippen molar-refractivity contribution in [3.8, 4) is 5.75 Å². The van der Waals surface area contributed by atoms with Crippen molar-refractivity contribution >= 4 is 0 Å². The Morgan fingerprint density at radius 1 is 1.29 bits per heavy atom. The van der Waals surface area contributed by atoms with Gasteiger partial charge in [0.15, 0.2) is 0 Å². The average Bonchev–Trinajstić information content (AvgIpc) is 2.47. The van der Waals surface area contributed by atoms with Crippen LogP contribution < -0.4 is 10.1 Å². The van der Waals surface area contributed by atoms with E-state index in [2.05, 4.69) is 38.2 Å². The van der Waals surface area contributed by atoms with Crippen molar-refractivity contribution in [1.82, 2.24) is 5.32 Å². The Bertz CT molecular complexity index is 453. The molecule has 0 radical (unpaired) electrons. The maximum atomic E-state index is 10.6. The van der Waals surface area contributed by atoms with Crippen LogP contribution in [0.4, 0.5) is 0 Å². The van der Waals surface area contributed by atoms with Crippen molar-refractivity contribution in [2.45, 2.75) is 64.5 Å². The van der Waals surface area contributed by atoms with Crippen molar-refractivity contribution in [3.63, 3.8) is 0 Å². The zero-order valence-electron chi connectivity index (χ0n) is 13.6. The Kier molecular flexibility index (Phi) is 5.65. The quantitative estimate of drug-likeness (QED) is 0.839. The van der Waals surface area contributed by atoms with Crippen LogP contribution in [0.5, 0.6) is 5.75 Å². The van der Waals surface area contributed by atoms with Crippen LogP contribution in [0.2, 0.25) is 0 Å². The van der Waals surface area contributed by atoms with Crippen LogP contribution in [-0.2, 0) is 0 Å². The minimum atomic E-state index is -0.637. The fourth-order valence-corrected chi connectivity index (χ4v) is 3.12. The van der Waals surface area contributed by atoms with Crippen molar-refractivity contribution < 1.29 is 9.84 Å². The molecule has 0 bridgehead atoms. The molecule has 1 aliphatic rings. The van der Waals surface area contributed by atoms with Gasteiger partial charge >= 0.3 is 0 Å². The first-order valence-corrected chi connectivity index (χ1v) is 8.23. The van der Waals surface area contributed by atoms with E-state index in [9.17, 15) is 5.11 Å². The minimum Gasteiger partial charge on any atom is -0.490 e. The Hall–Kier alpha value is -1.06. The van der Waals surface area contributed by atoms with Crippen LogP contribution >= 0.6 is 0 Å². The molecule has 0 aliphatic heterocycles. The summed E-state index contributed by atoms with van der Waals surface area (Å²) in [5.41, 5.74) is 1.77. The highest BCUT2D eigenvalue weighted by Gasteiger charge is 2.30. The monoisotopic (exact) mass is 291 g/mol. The Morgan fingerprint density at radius 3 is 2.67 bits per heavy atom. The lowest BCUT2D eigenvalue weighted by Crippen LogP contribution is -2.38. The highest BCUT2D eigenvalue weighted by molar-refractivity contribution is 5.39. The molecule has 1 unspecified atom stereocenters. The Labute approximate surface area is 128 Å². The van der Waals surface area contributed by atoms with Crippen LogP contribution in [0.15, 0.2) is 18.2 Å². The molecule has 0 aromatic heterocycles. The fraction of sp³-hybridized carbons (Fsp3) is 0.667. The third-order valence-electron chi connectivity index (χ3n) is 4.42. The normalized spacial score (nSPS) is 19.2. The van der Waals surface area contributed by atoms with Crippen LogP contribution in [-0.4, -0.2) is 23.9 Å². The first-order chi connectivity index (χ1) is 10.0. The van der Waals surface area contributed by atoms with Gasteiger partial charge < -0.3 is 15.2 Å². The topological polar surface area (TPSA) is 41.5 Å². The molecule has 1 aliphatic carbocycles. The molecule has 2 rings (SSSR count). The van der Waals surface area contributed by atoms with Gasteiger partial charge in [-0.05, 0) is 39.3 Å². The number of hydrogen-bond acceptors (Lipinski definition) is 3. The third kappa shape index (κ3) is 4.45. The first-order valence-electron chi connectivity index (χ1n) is 8.23. The van der Waals surface area contributed by atoms with Crippen LogP contribution in [0.25, 0.3) is 0 Å². The molecule has 1 aromatic carbocycles. The van der Waals surface area contributed by atoms with Crippen molar-refractivity contribution in [2.24, 2.45) is 0 Å². The molecular formula is C18H29NO2. The van der Waals surface area contributed by atoms with Gasteiger partial charge in [0, 0.05) is 11.6 Å². The summed E-state index contributed by atoms with van der Waals surface area (Å²) in [5, 5.41) is 14.0.